The van der Waals surface area contributed by atoms with Crippen molar-refractivity contribution in [2.45, 2.75) is 34.1 Å². The number of benzene rings is 2. The predicted octanol–water partition coefficient (Wildman–Crippen LogP) is 2.13. The highest BCUT2D eigenvalue weighted by Gasteiger charge is 2.14. The van der Waals surface area contributed by atoms with Gasteiger partial charge in [-0.3, -0.25) is 24.0 Å². The van der Waals surface area contributed by atoms with Gasteiger partial charge in [-0.25, -0.2) is 0 Å². The van der Waals surface area contributed by atoms with E-state index in [0.717, 1.165) is 5.56 Å². The summed E-state index contributed by atoms with van der Waals surface area (Å²) in [6.07, 6.45) is 0.397. The first-order valence-electron chi connectivity index (χ1n) is 10.4. The van der Waals surface area contributed by atoms with E-state index in [1.54, 1.807) is 12.1 Å². The van der Waals surface area contributed by atoms with Gasteiger partial charge in [0.15, 0.2) is 29.6 Å². The molecule has 0 aliphatic rings. The van der Waals surface area contributed by atoms with Crippen molar-refractivity contribution in [3.8, 4) is 28.7 Å². The minimum Gasteiger partial charge on any atom is -0.484 e. The summed E-state index contributed by atoms with van der Waals surface area (Å²) < 4.78 is 25.5. The van der Waals surface area contributed by atoms with Crippen LogP contribution in [0, 0.1) is 0 Å². The lowest BCUT2D eigenvalue weighted by Gasteiger charge is -2.12. The molecular formula is C24H25NO10. The maximum absolute atomic E-state index is 12.2. The van der Waals surface area contributed by atoms with E-state index >= 15 is 0 Å². The largest absolute Gasteiger partial charge is 0.484 e. The minimum absolute atomic E-state index is 0.0219. The molecule has 11 heteroatoms. The third-order valence-corrected chi connectivity index (χ3v) is 4.04. The van der Waals surface area contributed by atoms with Crippen LogP contribution in [0.15, 0.2) is 36.4 Å². The molecule has 0 unspecified atom stereocenters. The van der Waals surface area contributed by atoms with E-state index in [1.807, 2.05) is 0 Å². The molecule has 2 aromatic rings. The van der Waals surface area contributed by atoms with Gasteiger partial charge in [-0.15, -0.1) is 0 Å². The van der Waals surface area contributed by atoms with Gasteiger partial charge in [0.2, 0.25) is 0 Å². The zero-order chi connectivity index (χ0) is 26.0. The molecule has 0 fully saturated rings. The molecular weight excluding hydrogens is 462 g/mol. The molecule has 35 heavy (non-hydrogen) atoms. The van der Waals surface area contributed by atoms with E-state index in [4.69, 9.17) is 23.7 Å². The molecule has 0 radical (unpaired) electrons. The summed E-state index contributed by atoms with van der Waals surface area (Å²) in [4.78, 5) is 57.2. The van der Waals surface area contributed by atoms with Gasteiger partial charge >= 0.3 is 23.9 Å². The molecule has 186 valence electrons. The van der Waals surface area contributed by atoms with Crippen LogP contribution in [0.3, 0.4) is 0 Å². The summed E-state index contributed by atoms with van der Waals surface area (Å²) in [5.74, 6) is -2.30. The summed E-state index contributed by atoms with van der Waals surface area (Å²) in [7, 11) is 0. The van der Waals surface area contributed by atoms with Crippen molar-refractivity contribution in [2.75, 3.05) is 13.2 Å². The fourth-order valence-electron chi connectivity index (χ4n) is 2.78. The van der Waals surface area contributed by atoms with Gasteiger partial charge in [-0.2, -0.15) is 0 Å². The van der Waals surface area contributed by atoms with Gasteiger partial charge in [-0.05, 0) is 36.2 Å². The first kappa shape index (κ1) is 26.8. The summed E-state index contributed by atoms with van der Waals surface area (Å²) >= 11 is 0. The van der Waals surface area contributed by atoms with E-state index in [9.17, 15) is 24.0 Å². The highest BCUT2D eigenvalue weighted by atomic mass is 16.6. The zero-order valence-corrected chi connectivity index (χ0v) is 19.7. The Bertz CT molecular complexity index is 1130. The van der Waals surface area contributed by atoms with Crippen LogP contribution < -0.4 is 29.0 Å². The standard InChI is InChI=1S/C24H25NO10/c1-14(26)32-20-7-5-18(11-22(20)34-16(3)28)9-10-25-24(30)13-31-19-6-8-21(33-15(2)27)23(12-19)35-17(4)29/h5-8,11-12H,9-10,13H2,1-4H3,(H,25,30). The van der Waals surface area contributed by atoms with Crippen molar-refractivity contribution >= 4 is 29.8 Å². The van der Waals surface area contributed by atoms with E-state index in [0.29, 0.717) is 6.42 Å². The van der Waals surface area contributed by atoms with E-state index in [2.05, 4.69) is 5.32 Å². The van der Waals surface area contributed by atoms with Crippen LogP contribution in [0.4, 0.5) is 0 Å². The zero-order valence-electron chi connectivity index (χ0n) is 19.7. The van der Waals surface area contributed by atoms with Crippen molar-refractivity contribution in [1.29, 1.82) is 0 Å². The van der Waals surface area contributed by atoms with Crippen LogP contribution in [-0.4, -0.2) is 42.9 Å². The van der Waals surface area contributed by atoms with Crippen LogP contribution in [0.25, 0.3) is 0 Å². The highest BCUT2D eigenvalue weighted by Crippen LogP contribution is 2.32. The smallest absolute Gasteiger partial charge is 0.308 e. The topological polar surface area (TPSA) is 144 Å². The normalized spacial score (nSPS) is 10.1. The Balaban J connectivity index is 1.92. The van der Waals surface area contributed by atoms with Crippen LogP contribution in [0.1, 0.15) is 33.3 Å². The quantitative estimate of drug-likeness (QED) is 0.391. The summed E-state index contributed by atoms with van der Waals surface area (Å²) in [5.41, 5.74) is 0.727. The second kappa shape index (κ2) is 12.7. The molecule has 0 atom stereocenters. The van der Waals surface area contributed by atoms with E-state index in [-0.39, 0.29) is 41.9 Å². The molecule has 1 N–H and O–H groups in total. The summed E-state index contributed by atoms with van der Waals surface area (Å²) in [6.45, 7) is 4.78. The Morgan fingerprint density at radius 3 is 1.69 bits per heavy atom. The van der Waals surface area contributed by atoms with E-state index < -0.39 is 29.8 Å². The predicted molar refractivity (Wildman–Crippen MR) is 120 cm³/mol. The lowest BCUT2D eigenvalue weighted by Crippen LogP contribution is -2.30. The van der Waals surface area contributed by atoms with Gasteiger partial charge in [0.05, 0.1) is 0 Å². The Kier molecular flexibility index (Phi) is 9.76. The number of rotatable bonds is 10. The maximum atomic E-state index is 12.2. The molecule has 0 aliphatic carbocycles. The Labute approximate surface area is 201 Å². The molecule has 0 saturated heterocycles. The third kappa shape index (κ3) is 9.54. The Hall–Kier alpha value is -4.41. The molecule has 0 heterocycles. The first-order chi connectivity index (χ1) is 16.5. The number of hydrogen-bond donors (Lipinski definition) is 1. The molecule has 11 nitrogen and oxygen atoms in total. The fraction of sp³-hybridized carbons (Fsp3) is 0.292. The number of hydrogen-bond acceptors (Lipinski definition) is 10. The van der Waals surface area contributed by atoms with Crippen LogP contribution in [0.5, 0.6) is 28.7 Å². The lowest BCUT2D eigenvalue weighted by atomic mass is 10.1. The average Bonchev–Trinajstić information content (AvgIpc) is 2.74. The Morgan fingerprint density at radius 1 is 0.657 bits per heavy atom. The van der Waals surface area contributed by atoms with Crippen LogP contribution in [0.2, 0.25) is 0 Å². The molecule has 1 amide bonds. The van der Waals surface area contributed by atoms with Crippen molar-refractivity contribution in [3.05, 3.63) is 42.0 Å². The second-order valence-corrected chi connectivity index (χ2v) is 7.15. The highest BCUT2D eigenvalue weighted by molar-refractivity contribution is 5.78. The summed E-state index contributed by atoms with van der Waals surface area (Å²) in [5, 5.41) is 2.68. The van der Waals surface area contributed by atoms with Crippen LogP contribution >= 0.6 is 0 Å². The van der Waals surface area contributed by atoms with E-state index in [1.165, 1.54) is 52.0 Å². The van der Waals surface area contributed by atoms with Crippen LogP contribution in [-0.2, 0) is 30.4 Å². The third-order valence-electron chi connectivity index (χ3n) is 4.04. The average molecular weight is 487 g/mol. The van der Waals surface area contributed by atoms with Crippen molar-refractivity contribution in [2.24, 2.45) is 0 Å². The summed E-state index contributed by atoms with van der Waals surface area (Å²) in [6, 6.07) is 8.89. The fourth-order valence-corrected chi connectivity index (χ4v) is 2.78. The minimum atomic E-state index is -0.619. The van der Waals surface area contributed by atoms with Gasteiger partial charge in [0.25, 0.3) is 5.91 Å². The molecule has 0 saturated carbocycles. The van der Waals surface area contributed by atoms with Crippen molar-refractivity contribution in [3.63, 3.8) is 0 Å². The molecule has 0 spiro atoms. The molecule has 2 rings (SSSR count). The first-order valence-corrected chi connectivity index (χ1v) is 10.4. The SMILES string of the molecule is CC(=O)Oc1ccc(CCNC(=O)COc2ccc(OC(C)=O)c(OC(C)=O)c2)cc1OC(C)=O. The van der Waals surface area contributed by atoms with Gasteiger partial charge < -0.3 is 29.0 Å². The molecule has 0 aliphatic heterocycles. The number of ether oxygens (including phenoxy) is 5. The lowest BCUT2D eigenvalue weighted by molar-refractivity contribution is -0.134. The molecule has 2 aromatic carbocycles. The van der Waals surface area contributed by atoms with Crippen molar-refractivity contribution < 1.29 is 47.7 Å². The number of nitrogens with one attached hydrogen (secondary N) is 1. The van der Waals surface area contributed by atoms with Gasteiger partial charge in [0, 0.05) is 40.3 Å². The maximum Gasteiger partial charge on any atom is 0.308 e. The molecule has 0 bridgehead atoms. The Morgan fingerprint density at radius 2 is 1.14 bits per heavy atom. The monoisotopic (exact) mass is 487 g/mol. The van der Waals surface area contributed by atoms with Gasteiger partial charge in [-0.1, -0.05) is 6.07 Å². The molecule has 0 aromatic heterocycles. The number of carbonyl (C=O) groups excluding carboxylic acids is 5. The number of amides is 1. The number of carbonyl (C=O) groups is 5. The van der Waals surface area contributed by atoms with Crippen molar-refractivity contribution in [1.82, 2.24) is 5.32 Å². The van der Waals surface area contributed by atoms with Gasteiger partial charge in [0.1, 0.15) is 5.75 Å². The second-order valence-electron chi connectivity index (χ2n) is 7.15. The number of esters is 4.